The largest absolute Gasteiger partial charge is 0.466 e. The number of nitrogens with two attached hydrogens (primary N) is 1. The van der Waals surface area contributed by atoms with E-state index in [0.29, 0.717) is 0 Å². The molecule has 102 valence electrons. The van der Waals surface area contributed by atoms with Gasteiger partial charge in [0.1, 0.15) is 11.5 Å². The van der Waals surface area contributed by atoms with Crippen LogP contribution in [0, 0.1) is 13.8 Å². The van der Waals surface area contributed by atoms with Gasteiger partial charge in [0.15, 0.2) is 0 Å². The molecule has 0 spiro atoms. The van der Waals surface area contributed by atoms with Crippen LogP contribution in [0.15, 0.2) is 47.0 Å². The Morgan fingerprint density at radius 3 is 2.75 bits per heavy atom. The van der Waals surface area contributed by atoms with Crippen LogP contribution in [-0.2, 0) is 6.42 Å². The number of nitrogens with zero attached hydrogens (tertiary/aromatic N) is 1. The van der Waals surface area contributed by atoms with E-state index in [1.54, 1.807) is 0 Å². The average molecular weight is 266 g/mol. The van der Waals surface area contributed by atoms with Gasteiger partial charge >= 0.3 is 0 Å². The molecule has 1 unspecified atom stereocenters. The first-order valence-corrected chi connectivity index (χ1v) is 6.80. The molecule has 0 amide bonds. The van der Waals surface area contributed by atoms with Crippen molar-refractivity contribution in [2.24, 2.45) is 5.73 Å². The summed E-state index contributed by atoms with van der Waals surface area (Å²) in [6.45, 7) is 3.91. The first-order chi connectivity index (χ1) is 9.65. The third-order valence-electron chi connectivity index (χ3n) is 3.66. The Morgan fingerprint density at radius 1 is 1.20 bits per heavy atom. The highest BCUT2D eigenvalue weighted by molar-refractivity contribution is 5.81. The van der Waals surface area contributed by atoms with Crippen LogP contribution < -0.4 is 5.73 Å². The van der Waals surface area contributed by atoms with Gasteiger partial charge in [-0.05, 0) is 44.0 Å². The number of aromatic nitrogens is 1. The molecule has 3 rings (SSSR count). The van der Waals surface area contributed by atoms with E-state index in [2.05, 4.69) is 11.1 Å². The molecule has 0 saturated heterocycles. The van der Waals surface area contributed by atoms with Crippen molar-refractivity contribution in [2.45, 2.75) is 26.3 Å². The van der Waals surface area contributed by atoms with Gasteiger partial charge in [0.25, 0.3) is 0 Å². The second-order valence-corrected chi connectivity index (χ2v) is 5.17. The third-order valence-corrected chi connectivity index (χ3v) is 3.66. The summed E-state index contributed by atoms with van der Waals surface area (Å²) in [5.74, 6) is 1.82. The minimum Gasteiger partial charge on any atom is -0.466 e. The first kappa shape index (κ1) is 12.9. The molecule has 2 aromatic heterocycles. The topological polar surface area (TPSA) is 52.0 Å². The van der Waals surface area contributed by atoms with Crippen molar-refractivity contribution in [1.29, 1.82) is 0 Å². The molecule has 3 heteroatoms. The van der Waals surface area contributed by atoms with E-state index in [-0.39, 0.29) is 6.04 Å². The Morgan fingerprint density at radius 2 is 2.00 bits per heavy atom. The van der Waals surface area contributed by atoms with Gasteiger partial charge < -0.3 is 10.2 Å². The van der Waals surface area contributed by atoms with Crippen molar-refractivity contribution < 1.29 is 4.42 Å². The van der Waals surface area contributed by atoms with E-state index < -0.39 is 0 Å². The van der Waals surface area contributed by atoms with Crippen LogP contribution in [0.1, 0.15) is 28.7 Å². The molecule has 3 nitrogen and oxygen atoms in total. The van der Waals surface area contributed by atoms with Crippen molar-refractivity contribution in [2.75, 3.05) is 0 Å². The summed E-state index contributed by atoms with van der Waals surface area (Å²) in [6, 6.07) is 12.2. The van der Waals surface area contributed by atoms with E-state index in [1.807, 2.05) is 50.4 Å². The monoisotopic (exact) mass is 266 g/mol. The summed E-state index contributed by atoms with van der Waals surface area (Å²) in [5, 5.41) is 1.17. The molecule has 0 aliphatic heterocycles. The lowest BCUT2D eigenvalue weighted by Crippen LogP contribution is -2.13. The van der Waals surface area contributed by atoms with Crippen molar-refractivity contribution in [3.8, 4) is 0 Å². The van der Waals surface area contributed by atoms with Gasteiger partial charge in [-0.25, -0.2) is 0 Å². The number of furan rings is 1. The summed E-state index contributed by atoms with van der Waals surface area (Å²) in [7, 11) is 0. The summed E-state index contributed by atoms with van der Waals surface area (Å²) >= 11 is 0. The molecule has 2 N–H and O–H groups in total. The Balaban J connectivity index is 1.95. The number of pyridine rings is 1. The molecule has 0 radical (unpaired) electrons. The molecule has 0 fully saturated rings. The Bertz CT molecular complexity index is 740. The van der Waals surface area contributed by atoms with Gasteiger partial charge in [-0.3, -0.25) is 4.98 Å². The summed E-state index contributed by atoms with van der Waals surface area (Å²) < 4.78 is 5.57. The van der Waals surface area contributed by atoms with Crippen LogP contribution in [0.4, 0.5) is 0 Å². The van der Waals surface area contributed by atoms with Crippen molar-refractivity contribution in [1.82, 2.24) is 4.98 Å². The smallest absolute Gasteiger partial charge is 0.105 e. The lowest BCUT2D eigenvalue weighted by Gasteiger charge is -2.12. The highest BCUT2D eigenvalue weighted by atomic mass is 16.3. The summed E-state index contributed by atoms with van der Waals surface area (Å²) in [4.78, 5) is 4.38. The average Bonchev–Trinajstić information content (AvgIpc) is 2.78. The number of hydrogen-bond acceptors (Lipinski definition) is 3. The second kappa shape index (κ2) is 5.10. The number of para-hydroxylation sites is 1. The minimum atomic E-state index is -0.0572. The number of benzene rings is 1. The van der Waals surface area contributed by atoms with Gasteiger partial charge in [0.05, 0.1) is 5.52 Å². The zero-order valence-corrected chi connectivity index (χ0v) is 11.8. The lowest BCUT2D eigenvalue weighted by atomic mass is 9.97. The van der Waals surface area contributed by atoms with Crippen LogP contribution in [-0.4, -0.2) is 4.98 Å². The van der Waals surface area contributed by atoms with Gasteiger partial charge in [-0.2, -0.15) is 0 Å². The van der Waals surface area contributed by atoms with Crippen molar-refractivity contribution in [3.05, 3.63) is 65.2 Å². The third kappa shape index (κ3) is 2.32. The van der Waals surface area contributed by atoms with Crippen molar-refractivity contribution >= 4 is 10.9 Å². The molecule has 1 atom stereocenters. The maximum absolute atomic E-state index is 6.35. The van der Waals surface area contributed by atoms with E-state index in [1.165, 1.54) is 10.9 Å². The van der Waals surface area contributed by atoms with Crippen LogP contribution in [0.3, 0.4) is 0 Å². The maximum Gasteiger partial charge on any atom is 0.105 e. The SMILES string of the molecule is Cc1cc(C(N)Cc2ccnc3ccccc23)c(C)o1. The molecule has 1 aromatic carbocycles. The Kier molecular flexibility index (Phi) is 3.28. The minimum absolute atomic E-state index is 0.0572. The standard InChI is InChI=1S/C17H18N2O/c1-11-9-15(12(2)20-11)16(18)10-13-7-8-19-17-6-4-3-5-14(13)17/h3-9,16H,10,18H2,1-2H3. The predicted octanol–water partition coefficient (Wildman–Crippen LogP) is 3.69. The molecule has 0 bridgehead atoms. The van der Waals surface area contributed by atoms with Crippen LogP contribution in [0.25, 0.3) is 10.9 Å². The molecular weight excluding hydrogens is 248 g/mol. The number of hydrogen-bond donors (Lipinski definition) is 1. The zero-order chi connectivity index (χ0) is 14.1. The molecule has 20 heavy (non-hydrogen) atoms. The molecule has 3 aromatic rings. The van der Waals surface area contributed by atoms with E-state index in [4.69, 9.17) is 10.2 Å². The highest BCUT2D eigenvalue weighted by Crippen LogP contribution is 2.25. The molecular formula is C17H18N2O. The summed E-state index contributed by atoms with van der Waals surface area (Å²) in [6.07, 6.45) is 2.63. The van der Waals surface area contributed by atoms with Gasteiger partial charge in [-0.15, -0.1) is 0 Å². The van der Waals surface area contributed by atoms with E-state index in [9.17, 15) is 0 Å². The molecule has 0 aliphatic carbocycles. The maximum atomic E-state index is 6.35. The normalized spacial score (nSPS) is 12.8. The predicted molar refractivity (Wildman–Crippen MR) is 80.6 cm³/mol. The first-order valence-electron chi connectivity index (χ1n) is 6.80. The number of rotatable bonds is 3. The van der Waals surface area contributed by atoms with Crippen molar-refractivity contribution in [3.63, 3.8) is 0 Å². The summed E-state index contributed by atoms with van der Waals surface area (Å²) in [5.41, 5.74) is 9.67. The Hall–Kier alpha value is -2.13. The van der Waals surface area contributed by atoms with Crippen LogP contribution in [0.2, 0.25) is 0 Å². The van der Waals surface area contributed by atoms with Crippen LogP contribution >= 0.6 is 0 Å². The fraction of sp³-hybridized carbons (Fsp3) is 0.235. The van der Waals surface area contributed by atoms with Gasteiger partial charge in [-0.1, -0.05) is 18.2 Å². The van der Waals surface area contributed by atoms with Crippen LogP contribution in [0.5, 0.6) is 0 Å². The van der Waals surface area contributed by atoms with E-state index >= 15 is 0 Å². The highest BCUT2D eigenvalue weighted by Gasteiger charge is 2.15. The number of fused-ring (bicyclic) bond motifs is 1. The zero-order valence-electron chi connectivity index (χ0n) is 11.8. The molecule has 0 saturated carbocycles. The van der Waals surface area contributed by atoms with E-state index in [0.717, 1.165) is 29.0 Å². The second-order valence-electron chi connectivity index (χ2n) is 5.17. The van der Waals surface area contributed by atoms with Gasteiger partial charge in [0, 0.05) is 23.2 Å². The fourth-order valence-corrected chi connectivity index (χ4v) is 2.70. The lowest BCUT2D eigenvalue weighted by molar-refractivity contribution is 0.497. The quantitative estimate of drug-likeness (QED) is 0.786. The number of aryl methyl sites for hydroxylation is 2. The Labute approximate surface area is 118 Å². The van der Waals surface area contributed by atoms with Gasteiger partial charge in [0.2, 0.25) is 0 Å². The molecule has 0 aliphatic rings. The fourth-order valence-electron chi connectivity index (χ4n) is 2.70. The molecule has 2 heterocycles.